The number of carbonyl (C=O) groups excluding carboxylic acids is 1. The van der Waals surface area contributed by atoms with Crippen molar-refractivity contribution in [3.63, 3.8) is 0 Å². The average molecular weight is 391 g/mol. The van der Waals surface area contributed by atoms with Crippen LogP contribution in [0.3, 0.4) is 0 Å². The van der Waals surface area contributed by atoms with Crippen LogP contribution in [-0.4, -0.2) is 25.5 Å². The normalized spacial score (nSPS) is 12.4. The molecule has 24 heavy (non-hydrogen) atoms. The number of fused-ring (bicyclic) bond motifs is 1. The summed E-state index contributed by atoms with van der Waals surface area (Å²) in [6.07, 6.45) is 1.53. The second kappa shape index (κ2) is 7.35. The Balaban J connectivity index is 1.55. The summed E-state index contributed by atoms with van der Waals surface area (Å²) in [6.45, 7) is 2.02. The van der Waals surface area contributed by atoms with Gasteiger partial charge in [0.05, 0.1) is 6.21 Å². The number of hydrogen-bond donors (Lipinski definition) is 1. The van der Waals surface area contributed by atoms with Crippen LogP contribution >= 0.6 is 15.9 Å². The summed E-state index contributed by atoms with van der Waals surface area (Å²) < 4.78 is 16.8. The van der Waals surface area contributed by atoms with Crippen molar-refractivity contribution in [3.8, 4) is 17.2 Å². The lowest BCUT2D eigenvalue weighted by Crippen LogP contribution is -2.24. The van der Waals surface area contributed by atoms with Crippen LogP contribution in [0, 0.1) is 6.92 Å². The Morgan fingerprint density at radius 3 is 2.88 bits per heavy atom. The van der Waals surface area contributed by atoms with E-state index in [9.17, 15) is 4.79 Å². The molecular weight excluding hydrogens is 376 g/mol. The van der Waals surface area contributed by atoms with Gasteiger partial charge in [0.1, 0.15) is 5.75 Å². The number of carbonyl (C=O) groups is 1. The Hall–Kier alpha value is -2.54. The molecule has 0 unspecified atom stereocenters. The maximum atomic E-state index is 11.8. The maximum absolute atomic E-state index is 11.8. The second-order valence-corrected chi connectivity index (χ2v) is 5.93. The summed E-state index contributed by atoms with van der Waals surface area (Å²) in [5.74, 6) is 1.66. The van der Waals surface area contributed by atoms with Gasteiger partial charge in [-0.1, -0.05) is 18.2 Å². The minimum Gasteiger partial charge on any atom is -0.483 e. The predicted molar refractivity (Wildman–Crippen MR) is 92.7 cm³/mol. The zero-order valence-corrected chi connectivity index (χ0v) is 14.5. The first kappa shape index (κ1) is 16.3. The summed E-state index contributed by atoms with van der Waals surface area (Å²) in [4.78, 5) is 11.8. The summed E-state index contributed by atoms with van der Waals surface area (Å²) in [6, 6.07) is 11.1. The van der Waals surface area contributed by atoms with Crippen LogP contribution in [0.25, 0.3) is 0 Å². The number of amides is 1. The summed E-state index contributed by atoms with van der Waals surface area (Å²) in [5.41, 5.74) is 4.16. The molecule has 1 aliphatic rings. The Bertz CT molecular complexity index is 792. The van der Waals surface area contributed by atoms with Crippen molar-refractivity contribution >= 4 is 28.1 Å². The van der Waals surface area contributed by atoms with E-state index in [0.29, 0.717) is 17.2 Å². The highest BCUT2D eigenvalue weighted by Gasteiger charge is 2.15. The van der Waals surface area contributed by atoms with E-state index < -0.39 is 0 Å². The van der Waals surface area contributed by atoms with Crippen LogP contribution in [0.4, 0.5) is 0 Å². The van der Waals surface area contributed by atoms with Gasteiger partial charge in [-0.25, -0.2) is 5.43 Å². The Morgan fingerprint density at radius 1 is 1.33 bits per heavy atom. The van der Waals surface area contributed by atoms with Gasteiger partial charge in [0, 0.05) is 10.0 Å². The van der Waals surface area contributed by atoms with Gasteiger partial charge in [0.25, 0.3) is 5.91 Å². The van der Waals surface area contributed by atoms with Crippen LogP contribution in [0.1, 0.15) is 11.1 Å². The van der Waals surface area contributed by atoms with E-state index in [1.54, 1.807) is 12.1 Å². The largest absolute Gasteiger partial charge is 0.483 e. The van der Waals surface area contributed by atoms with E-state index in [-0.39, 0.29) is 19.3 Å². The molecule has 0 aromatic heterocycles. The number of hydrogen-bond acceptors (Lipinski definition) is 5. The zero-order valence-electron chi connectivity index (χ0n) is 12.9. The molecule has 0 saturated heterocycles. The van der Waals surface area contributed by atoms with E-state index in [4.69, 9.17) is 14.2 Å². The first-order valence-corrected chi connectivity index (χ1v) is 8.02. The monoisotopic (exact) mass is 390 g/mol. The molecule has 3 rings (SSSR count). The van der Waals surface area contributed by atoms with Crippen LogP contribution in [0.15, 0.2) is 46.0 Å². The van der Waals surface area contributed by atoms with Gasteiger partial charge in [0.15, 0.2) is 18.1 Å². The van der Waals surface area contributed by atoms with Gasteiger partial charge in [-0.05, 0) is 46.6 Å². The number of ether oxygens (including phenoxy) is 3. The smallest absolute Gasteiger partial charge is 0.277 e. The molecule has 0 aliphatic carbocycles. The molecule has 1 amide bonds. The number of aryl methyl sites for hydroxylation is 1. The van der Waals surface area contributed by atoms with Gasteiger partial charge < -0.3 is 14.2 Å². The van der Waals surface area contributed by atoms with Crippen molar-refractivity contribution in [2.24, 2.45) is 5.10 Å². The van der Waals surface area contributed by atoms with Crippen molar-refractivity contribution < 1.29 is 19.0 Å². The van der Waals surface area contributed by atoms with E-state index >= 15 is 0 Å². The third-order valence-electron chi connectivity index (χ3n) is 3.34. The molecule has 6 nitrogen and oxygen atoms in total. The fraction of sp³-hybridized carbons (Fsp3) is 0.176. The molecule has 0 radical (unpaired) electrons. The van der Waals surface area contributed by atoms with Crippen molar-refractivity contribution in [2.45, 2.75) is 6.92 Å². The molecule has 1 N–H and O–H groups in total. The fourth-order valence-corrected chi connectivity index (χ4v) is 2.52. The van der Waals surface area contributed by atoms with Gasteiger partial charge >= 0.3 is 0 Å². The first-order valence-electron chi connectivity index (χ1n) is 7.23. The highest BCUT2D eigenvalue weighted by Crippen LogP contribution is 2.36. The molecule has 2 aromatic carbocycles. The number of nitrogens with one attached hydrogen (secondary N) is 1. The van der Waals surface area contributed by atoms with Gasteiger partial charge in [-0.3, -0.25) is 4.79 Å². The third kappa shape index (κ3) is 3.86. The molecule has 0 bridgehead atoms. The standard InChI is InChI=1S/C17H15BrN2O4/c1-11-4-2-3-5-14(11)22-9-17(21)20-19-8-12-6-15-16(7-13(12)18)24-10-23-15/h2-8H,9-10H2,1H3,(H,20,21)/b19-8-. The Morgan fingerprint density at radius 2 is 2.08 bits per heavy atom. The highest BCUT2D eigenvalue weighted by molar-refractivity contribution is 9.10. The maximum Gasteiger partial charge on any atom is 0.277 e. The van der Waals surface area contributed by atoms with E-state index in [1.165, 1.54) is 6.21 Å². The average Bonchev–Trinajstić information content (AvgIpc) is 3.01. The molecule has 124 valence electrons. The fourth-order valence-electron chi connectivity index (χ4n) is 2.10. The number of rotatable bonds is 5. The van der Waals surface area contributed by atoms with Crippen molar-refractivity contribution in [2.75, 3.05) is 13.4 Å². The number of nitrogens with zero attached hydrogens (tertiary/aromatic N) is 1. The van der Waals surface area contributed by atoms with Crippen molar-refractivity contribution in [1.29, 1.82) is 0 Å². The molecule has 0 atom stereocenters. The zero-order chi connectivity index (χ0) is 16.9. The molecule has 1 aliphatic heterocycles. The lowest BCUT2D eigenvalue weighted by atomic mass is 10.2. The first-order chi connectivity index (χ1) is 11.6. The summed E-state index contributed by atoms with van der Waals surface area (Å²) >= 11 is 3.42. The number of hydrazone groups is 1. The second-order valence-electron chi connectivity index (χ2n) is 5.07. The van der Waals surface area contributed by atoms with Crippen LogP contribution < -0.4 is 19.6 Å². The molecule has 1 heterocycles. The highest BCUT2D eigenvalue weighted by atomic mass is 79.9. The molecule has 0 saturated carbocycles. The minimum atomic E-state index is -0.341. The summed E-state index contributed by atoms with van der Waals surface area (Å²) in [7, 11) is 0. The molecular formula is C17H15BrN2O4. The van der Waals surface area contributed by atoms with Crippen molar-refractivity contribution in [1.82, 2.24) is 5.43 Å². The summed E-state index contributed by atoms with van der Waals surface area (Å²) in [5, 5.41) is 3.93. The molecule has 0 spiro atoms. The quantitative estimate of drug-likeness (QED) is 0.629. The molecule has 2 aromatic rings. The van der Waals surface area contributed by atoms with E-state index in [0.717, 1.165) is 15.6 Å². The third-order valence-corrected chi connectivity index (χ3v) is 4.02. The molecule has 7 heteroatoms. The number of para-hydroxylation sites is 1. The van der Waals surface area contributed by atoms with Gasteiger partial charge in [-0.15, -0.1) is 0 Å². The van der Waals surface area contributed by atoms with Crippen molar-refractivity contribution in [3.05, 3.63) is 52.0 Å². The molecule has 0 fully saturated rings. The Labute approximate surface area is 147 Å². The number of benzene rings is 2. The van der Waals surface area contributed by atoms with Crippen LogP contribution in [0.5, 0.6) is 17.2 Å². The van der Waals surface area contributed by atoms with Gasteiger partial charge in [-0.2, -0.15) is 5.10 Å². The minimum absolute atomic E-state index is 0.107. The predicted octanol–water partition coefficient (Wildman–Crippen LogP) is 3.02. The van der Waals surface area contributed by atoms with Crippen LogP contribution in [0.2, 0.25) is 0 Å². The van der Waals surface area contributed by atoms with Crippen LogP contribution in [-0.2, 0) is 4.79 Å². The SMILES string of the molecule is Cc1ccccc1OCC(=O)N/N=C\c1cc2c(cc1Br)OCO2. The Kier molecular flexibility index (Phi) is 5.00. The lowest BCUT2D eigenvalue weighted by molar-refractivity contribution is -0.123. The van der Waals surface area contributed by atoms with E-state index in [2.05, 4.69) is 26.5 Å². The lowest BCUT2D eigenvalue weighted by Gasteiger charge is -2.07. The van der Waals surface area contributed by atoms with Gasteiger partial charge in [0.2, 0.25) is 6.79 Å². The topological polar surface area (TPSA) is 69.2 Å². The number of halogens is 1. The van der Waals surface area contributed by atoms with E-state index in [1.807, 2.05) is 31.2 Å².